The summed E-state index contributed by atoms with van der Waals surface area (Å²) in [5.74, 6) is 1.24. The van der Waals surface area contributed by atoms with Crippen LogP contribution in [0.15, 0.2) is 42.5 Å². The third-order valence-corrected chi connectivity index (χ3v) is 8.83. The van der Waals surface area contributed by atoms with Crippen molar-refractivity contribution in [3.63, 3.8) is 0 Å². The van der Waals surface area contributed by atoms with Crippen molar-refractivity contribution in [3.8, 4) is 5.75 Å². The van der Waals surface area contributed by atoms with Gasteiger partial charge in [0.1, 0.15) is 5.75 Å². The average Bonchev–Trinajstić information content (AvgIpc) is 2.99. The van der Waals surface area contributed by atoms with Crippen molar-refractivity contribution in [3.05, 3.63) is 64.1 Å². The summed E-state index contributed by atoms with van der Waals surface area (Å²) in [6.45, 7) is 4.63. The molecule has 5 heterocycles. The molecular formula is C27H35ClN3O2+. The van der Waals surface area contributed by atoms with Crippen molar-refractivity contribution in [2.24, 2.45) is 5.41 Å². The molecule has 3 saturated heterocycles. The van der Waals surface area contributed by atoms with Crippen molar-refractivity contribution >= 4 is 18.1 Å². The minimum Gasteiger partial charge on any atom is -0.497 e. The number of hydrogen-bond acceptors (Lipinski definition) is 4. The Kier molecular flexibility index (Phi) is 6.23. The molecule has 0 radical (unpaired) electrons. The van der Waals surface area contributed by atoms with E-state index in [1.165, 1.54) is 60.3 Å². The van der Waals surface area contributed by atoms with E-state index in [9.17, 15) is 4.91 Å². The number of halogens is 1. The van der Waals surface area contributed by atoms with E-state index in [-0.39, 0.29) is 24.5 Å². The highest BCUT2D eigenvalue weighted by molar-refractivity contribution is 5.85. The van der Waals surface area contributed by atoms with E-state index in [4.69, 9.17) is 4.74 Å². The van der Waals surface area contributed by atoms with Crippen LogP contribution >= 0.6 is 12.4 Å². The van der Waals surface area contributed by atoms with E-state index in [0.717, 1.165) is 37.2 Å². The number of benzene rings is 2. The van der Waals surface area contributed by atoms with Gasteiger partial charge >= 0.3 is 0 Å². The van der Waals surface area contributed by atoms with Crippen molar-refractivity contribution in [2.75, 3.05) is 33.3 Å². The largest absolute Gasteiger partial charge is 0.497 e. The number of nitrogens with zero attached hydrogens (tertiary/aromatic N) is 2. The number of hydrogen-bond donors (Lipinski definition) is 1. The minimum absolute atomic E-state index is 0. The zero-order chi connectivity index (χ0) is 21.7. The van der Waals surface area contributed by atoms with Gasteiger partial charge in [-0.05, 0) is 87.0 Å². The normalized spacial score (nSPS) is 32.1. The Balaban J connectivity index is 0.00000228. The van der Waals surface area contributed by atoms with Gasteiger partial charge in [-0.1, -0.05) is 24.3 Å². The molecule has 2 aromatic carbocycles. The molecule has 2 bridgehead atoms. The topological polar surface area (TPSA) is 44.6 Å². The summed E-state index contributed by atoms with van der Waals surface area (Å²) in [4.78, 5) is 16.2. The van der Waals surface area contributed by atoms with E-state index in [1.807, 2.05) is 12.1 Å². The smallest absolute Gasteiger partial charge is 0.260 e. The van der Waals surface area contributed by atoms with Crippen molar-refractivity contribution in [2.45, 2.75) is 56.5 Å². The third kappa shape index (κ3) is 3.98. The standard InChI is InChI=1S/C27H34N3O2.ClH/c1-32-20-7-5-19(6-8-20)17-23-21-3-2-4-24-26(21)22(9-13-28-23)25(30(24)31)18-27-10-14-29(15-11-27)16-12-27;/h2-8,22-23,25,28H,9-18H2,1H3;1H/q+1;. The molecule has 5 aliphatic heterocycles. The first-order valence-electron chi connectivity index (χ1n) is 12.3. The number of nitrogens with one attached hydrogen (secondary N) is 1. The maximum Gasteiger partial charge on any atom is 0.260 e. The zero-order valence-electron chi connectivity index (χ0n) is 19.5. The summed E-state index contributed by atoms with van der Waals surface area (Å²) in [5.41, 5.74) is 5.28. The van der Waals surface area contributed by atoms with E-state index in [2.05, 4.69) is 40.5 Å². The lowest BCUT2D eigenvalue weighted by atomic mass is 9.67. The van der Waals surface area contributed by atoms with Gasteiger partial charge in [-0.25, -0.2) is 0 Å². The van der Waals surface area contributed by atoms with Crippen LogP contribution in [0.4, 0.5) is 5.69 Å². The molecule has 176 valence electrons. The molecule has 3 fully saturated rings. The highest BCUT2D eigenvalue weighted by Gasteiger charge is 2.54. The molecule has 0 aliphatic carbocycles. The molecule has 0 spiro atoms. The molecule has 6 heteroatoms. The van der Waals surface area contributed by atoms with Crippen LogP contribution in [0.3, 0.4) is 0 Å². The number of fused-ring (bicyclic) bond motifs is 3. The van der Waals surface area contributed by atoms with Gasteiger partial charge in [0.25, 0.3) is 5.69 Å². The first-order chi connectivity index (χ1) is 15.7. The van der Waals surface area contributed by atoms with Crippen LogP contribution in [0.5, 0.6) is 5.75 Å². The molecule has 0 saturated carbocycles. The van der Waals surface area contributed by atoms with E-state index in [0.29, 0.717) is 11.3 Å². The van der Waals surface area contributed by atoms with Gasteiger partial charge < -0.3 is 15.0 Å². The summed E-state index contributed by atoms with van der Waals surface area (Å²) < 4.78 is 6.73. The summed E-state index contributed by atoms with van der Waals surface area (Å²) in [6, 6.07) is 15.1. The minimum atomic E-state index is 0. The Bertz CT molecular complexity index is 1000. The fraction of sp³-hybridized carbons (Fsp3) is 0.556. The molecule has 0 amide bonds. The number of rotatable bonds is 5. The molecule has 5 aliphatic rings. The average molecular weight is 469 g/mol. The Morgan fingerprint density at radius 3 is 2.52 bits per heavy atom. The van der Waals surface area contributed by atoms with Gasteiger partial charge in [-0.2, -0.15) is 0 Å². The number of methoxy groups -OCH3 is 1. The molecule has 3 unspecified atom stereocenters. The van der Waals surface area contributed by atoms with Crippen LogP contribution in [0, 0.1) is 10.3 Å². The quantitative estimate of drug-likeness (QED) is 0.616. The van der Waals surface area contributed by atoms with E-state index < -0.39 is 0 Å². The lowest BCUT2D eigenvalue weighted by Gasteiger charge is -2.48. The Morgan fingerprint density at radius 2 is 1.82 bits per heavy atom. The number of piperidine rings is 3. The van der Waals surface area contributed by atoms with Crippen LogP contribution < -0.4 is 10.1 Å². The van der Waals surface area contributed by atoms with Gasteiger partial charge in [0.05, 0.1) is 13.0 Å². The van der Waals surface area contributed by atoms with Crippen LogP contribution in [0.25, 0.3) is 0 Å². The highest BCUT2D eigenvalue weighted by atomic mass is 35.5. The summed E-state index contributed by atoms with van der Waals surface area (Å²) in [7, 11) is 1.70. The summed E-state index contributed by atoms with van der Waals surface area (Å²) in [5, 5.41) is 3.82. The van der Waals surface area contributed by atoms with Gasteiger partial charge in [0.15, 0.2) is 0 Å². The second-order valence-corrected chi connectivity index (χ2v) is 10.4. The van der Waals surface area contributed by atoms with Crippen LogP contribution in [-0.2, 0) is 6.42 Å². The molecular weight excluding hydrogens is 434 g/mol. The van der Waals surface area contributed by atoms with Crippen molar-refractivity contribution in [1.29, 1.82) is 0 Å². The maximum absolute atomic E-state index is 13.6. The van der Waals surface area contributed by atoms with Crippen LogP contribution in [-0.4, -0.2) is 49.0 Å². The molecule has 3 atom stereocenters. The first kappa shape index (κ1) is 22.8. The molecule has 7 rings (SSSR count). The van der Waals surface area contributed by atoms with Gasteiger partial charge in [-0.15, -0.1) is 12.4 Å². The third-order valence-electron chi connectivity index (χ3n) is 8.83. The number of ether oxygens (including phenoxy) is 1. The Labute approximate surface area is 202 Å². The molecule has 33 heavy (non-hydrogen) atoms. The Hall–Kier alpha value is -1.95. The Morgan fingerprint density at radius 1 is 1.09 bits per heavy atom. The SMILES string of the molecule is COc1ccc(CC2NCCC3c4c2cccc4[N+](=O)C3CC23CCN(CC2)CC3)cc1.Cl. The fourth-order valence-corrected chi connectivity index (χ4v) is 6.92. The van der Waals surface area contributed by atoms with Gasteiger partial charge in [0, 0.05) is 33.8 Å². The second kappa shape index (κ2) is 9.01. The van der Waals surface area contributed by atoms with E-state index in [1.54, 1.807) is 7.11 Å². The summed E-state index contributed by atoms with van der Waals surface area (Å²) in [6.07, 6.45) is 6.85. The van der Waals surface area contributed by atoms with E-state index >= 15 is 0 Å². The lowest BCUT2D eigenvalue weighted by Crippen LogP contribution is -2.50. The second-order valence-electron chi connectivity index (χ2n) is 10.4. The monoisotopic (exact) mass is 468 g/mol. The van der Waals surface area contributed by atoms with Crippen LogP contribution in [0.2, 0.25) is 0 Å². The predicted octanol–water partition coefficient (Wildman–Crippen LogP) is 5.15. The molecule has 1 N–H and O–H groups in total. The molecule has 2 aromatic rings. The molecule has 0 aromatic heterocycles. The number of nitroso groups, excluding NO2 is 1. The lowest BCUT2D eigenvalue weighted by molar-refractivity contribution is -0.504. The first-order valence-corrected chi connectivity index (χ1v) is 12.3. The zero-order valence-corrected chi connectivity index (χ0v) is 20.3. The maximum atomic E-state index is 13.6. The van der Waals surface area contributed by atoms with Crippen LogP contribution in [0.1, 0.15) is 60.8 Å². The van der Waals surface area contributed by atoms with Crippen molar-refractivity contribution < 1.29 is 9.50 Å². The van der Waals surface area contributed by atoms with Gasteiger partial charge in [-0.3, -0.25) is 0 Å². The molecule has 5 nitrogen and oxygen atoms in total. The predicted molar refractivity (Wildman–Crippen MR) is 133 cm³/mol. The van der Waals surface area contributed by atoms with Gasteiger partial charge in [0.2, 0.25) is 6.04 Å². The fourth-order valence-electron chi connectivity index (χ4n) is 6.92. The highest BCUT2D eigenvalue weighted by Crippen LogP contribution is 2.52. The summed E-state index contributed by atoms with van der Waals surface area (Å²) >= 11 is 0. The van der Waals surface area contributed by atoms with Crippen molar-refractivity contribution in [1.82, 2.24) is 10.2 Å².